The van der Waals surface area contributed by atoms with Gasteiger partial charge in [-0.05, 0) is 0 Å². The van der Waals surface area contributed by atoms with Crippen molar-refractivity contribution in [2.45, 2.75) is 24.8 Å². The fourth-order valence-corrected chi connectivity index (χ4v) is 0.589. The zero-order valence-electron chi connectivity index (χ0n) is 8.83. The standard InChI is InChI=1S/C7H7F9O3/c8-1-5(11,12)17-4(18-6(13,14)2-9)19-7(15,16)3-10/h4H,1-3H2. The molecule has 0 saturated carbocycles. The van der Waals surface area contributed by atoms with Crippen LogP contribution in [0.3, 0.4) is 0 Å². The Morgan fingerprint density at radius 1 is 0.579 bits per heavy atom. The molecule has 0 aliphatic rings. The van der Waals surface area contributed by atoms with Crippen LogP contribution in [0.4, 0.5) is 39.5 Å². The molecule has 19 heavy (non-hydrogen) atoms. The van der Waals surface area contributed by atoms with E-state index in [1.807, 2.05) is 0 Å². The van der Waals surface area contributed by atoms with E-state index in [0.717, 1.165) is 0 Å². The van der Waals surface area contributed by atoms with Gasteiger partial charge in [-0.2, -0.15) is 26.3 Å². The highest BCUT2D eigenvalue weighted by atomic mass is 19.3. The minimum atomic E-state index is -4.83. The molecule has 0 aliphatic heterocycles. The van der Waals surface area contributed by atoms with Gasteiger partial charge in [-0.1, -0.05) is 0 Å². The van der Waals surface area contributed by atoms with E-state index < -0.39 is 44.8 Å². The number of ether oxygens (including phenoxy) is 3. The zero-order chi connectivity index (χ0) is 15.3. The van der Waals surface area contributed by atoms with Crippen LogP contribution in [-0.2, 0) is 14.2 Å². The van der Waals surface area contributed by atoms with Crippen LogP contribution in [0.1, 0.15) is 0 Å². The van der Waals surface area contributed by atoms with Gasteiger partial charge in [0.1, 0.15) is 0 Å². The van der Waals surface area contributed by atoms with Gasteiger partial charge in [0, 0.05) is 0 Å². The highest BCUT2D eigenvalue weighted by Crippen LogP contribution is 2.29. The Balaban J connectivity index is 4.84. The van der Waals surface area contributed by atoms with Crippen molar-refractivity contribution in [3.8, 4) is 0 Å². The lowest BCUT2D eigenvalue weighted by Gasteiger charge is -2.27. The Hall–Kier alpha value is -0.750. The van der Waals surface area contributed by atoms with E-state index >= 15 is 0 Å². The number of halogens is 9. The van der Waals surface area contributed by atoms with Gasteiger partial charge in [-0.15, -0.1) is 0 Å². The average molecular weight is 310 g/mol. The summed E-state index contributed by atoms with van der Waals surface area (Å²) >= 11 is 0. The summed E-state index contributed by atoms with van der Waals surface area (Å²) < 4.78 is 118. The van der Waals surface area contributed by atoms with Crippen molar-refractivity contribution in [1.82, 2.24) is 0 Å². The van der Waals surface area contributed by atoms with E-state index in [1.165, 1.54) is 0 Å². The van der Waals surface area contributed by atoms with Crippen LogP contribution in [0.25, 0.3) is 0 Å². The fourth-order valence-electron chi connectivity index (χ4n) is 0.589. The second kappa shape index (κ2) is 6.61. The van der Waals surface area contributed by atoms with Crippen molar-refractivity contribution in [3.05, 3.63) is 0 Å². The van der Waals surface area contributed by atoms with Crippen LogP contribution >= 0.6 is 0 Å². The molecule has 0 amide bonds. The maximum atomic E-state index is 12.3. The zero-order valence-corrected chi connectivity index (χ0v) is 8.83. The second-order valence-electron chi connectivity index (χ2n) is 2.96. The number of hydrogen-bond donors (Lipinski definition) is 0. The van der Waals surface area contributed by atoms with Crippen LogP contribution in [0, 0.1) is 0 Å². The van der Waals surface area contributed by atoms with Gasteiger partial charge in [-0.3, -0.25) is 14.2 Å². The van der Waals surface area contributed by atoms with E-state index in [9.17, 15) is 39.5 Å². The van der Waals surface area contributed by atoms with Crippen LogP contribution in [-0.4, -0.2) is 44.8 Å². The molecule has 0 bridgehead atoms. The van der Waals surface area contributed by atoms with Crippen LogP contribution in [0.15, 0.2) is 0 Å². The van der Waals surface area contributed by atoms with Gasteiger partial charge in [0.15, 0.2) is 20.0 Å². The first-order valence-corrected chi connectivity index (χ1v) is 4.32. The molecule has 0 atom stereocenters. The second-order valence-corrected chi connectivity index (χ2v) is 2.96. The maximum absolute atomic E-state index is 12.3. The number of alkyl halides is 9. The summed E-state index contributed by atoms with van der Waals surface area (Å²) in [5, 5.41) is 0. The lowest BCUT2D eigenvalue weighted by Crippen LogP contribution is -2.43. The fraction of sp³-hybridized carbons (Fsp3) is 1.00. The summed E-state index contributed by atoms with van der Waals surface area (Å²) in [5.74, 6) is 0. The van der Waals surface area contributed by atoms with Crippen molar-refractivity contribution in [3.63, 3.8) is 0 Å². The van der Waals surface area contributed by atoms with Crippen LogP contribution in [0.5, 0.6) is 0 Å². The third-order valence-corrected chi connectivity index (χ3v) is 1.27. The van der Waals surface area contributed by atoms with Crippen molar-refractivity contribution in [2.75, 3.05) is 20.0 Å². The highest BCUT2D eigenvalue weighted by molar-refractivity contribution is 4.55. The Bertz CT molecular complexity index is 230. The normalized spacial score (nSPS) is 14.2. The SMILES string of the molecule is FCC(F)(F)OC(OC(F)(F)CF)OC(F)(F)CF. The van der Waals surface area contributed by atoms with E-state index in [2.05, 4.69) is 14.2 Å². The third-order valence-electron chi connectivity index (χ3n) is 1.27. The van der Waals surface area contributed by atoms with Crippen molar-refractivity contribution >= 4 is 0 Å². The predicted molar refractivity (Wildman–Crippen MR) is 39.8 cm³/mol. The highest BCUT2D eigenvalue weighted by Gasteiger charge is 2.45. The van der Waals surface area contributed by atoms with Gasteiger partial charge < -0.3 is 0 Å². The van der Waals surface area contributed by atoms with Gasteiger partial charge in [0.25, 0.3) is 6.48 Å². The van der Waals surface area contributed by atoms with Gasteiger partial charge in [0.05, 0.1) is 0 Å². The molecule has 12 heteroatoms. The Kier molecular flexibility index (Phi) is 6.35. The first-order chi connectivity index (χ1) is 8.47. The Morgan fingerprint density at radius 2 is 0.789 bits per heavy atom. The Morgan fingerprint density at radius 3 is 0.947 bits per heavy atom. The van der Waals surface area contributed by atoms with E-state index in [0.29, 0.717) is 0 Å². The minimum Gasteiger partial charge on any atom is -0.263 e. The smallest absolute Gasteiger partial charge is 0.263 e. The van der Waals surface area contributed by atoms with Crippen LogP contribution < -0.4 is 0 Å². The van der Waals surface area contributed by atoms with Gasteiger partial charge >= 0.3 is 18.3 Å². The summed E-state index contributed by atoms with van der Waals surface area (Å²) in [7, 11) is 0. The molecule has 0 heterocycles. The molecule has 0 rings (SSSR count). The first kappa shape index (κ1) is 18.2. The monoisotopic (exact) mass is 310 g/mol. The van der Waals surface area contributed by atoms with Crippen molar-refractivity contribution < 1.29 is 53.7 Å². The molecule has 0 aromatic carbocycles. The largest absolute Gasteiger partial charge is 0.387 e. The lowest BCUT2D eigenvalue weighted by atomic mass is 10.6. The summed E-state index contributed by atoms with van der Waals surface area (Å²) in [6, 6.07) is 0. The number of hydrogen-bond acceptors (Lipinski definition) is 3. The van der Waals surface area contributed by atoms with E-state index in [-0.39, 0.29) is 0 Å². The van der Waals surface area contributed by atoms with E-state index in [1.54, 1.807) is 0 Å². The summed E-state index contributed by atoms with van der Waals surface area (Å²) in [6.07, 6.45) is -14.5. The lowest BCUT2D eigenvalue weighted by molar-refractivity contribution is -0.481. The summed E-state index contributed by atoms with van der Waals surface area (Å²) in [5.41, 5.74) is 0. The quantitative estimate of drug-likeness (QED) is 0.484. The first-order valence-electron chi connectivity index (χ1n) is 4.32. The van der Waals surface area contributed by atoms with Crippen molar-refractivity contribution in [2.24, 2.45) is 0 Å². The third kappa shape index (κ3) is 7.42. The predicted octanol–water partition coefficient (Wildman–Crippen LogP) is 3.01. The molecule has 0 aromatic rings. The molecule has 0 radical (unpaired) electrons. The number of rotatable bonds is 9. The van der Waals surface area contributed by atoms with Gasteiger partial charge in [-0.25, -0.2) is 13.2 Å². The molecule has 116 valence electrons. The topological polar surface area (TPSA) is 27.7 Å². The Labute approximate surface area is 99.8 Å². The van der Waals surface area contributed by atoms with Gasteiger partial charge in [0.2, 0.25) is 0 Å². The molecular formula is C7H7F9O3. The molecule has 0 saturated heterocycles. The molecule has 0 fully saturated rings. The molecule has 3 nitrogen and oxygen atoms in total. The molecule has 0 unspecified atom stereocenters. The molecule has 0 N–H and O–H groups in total. The minimum absolute atomic E-state index is 2.60. The van der Waals surface area contributed by atoms with Crippen molar-refractivity contribution in [1.29, 1.82) is 0 Å². The van der Waals surface area contributed by atoms with Crippen LogP contribution in [0.2, 0.25) is 0 Å². The summed E-state index contributed by atoms with van der Waals surface area (Å²) in [6.45, 7) is -11.4. The molecular weight excluding hydrogens is 303 g/mol. The molecule has 0 aliphatic carbocycles. The molecule has 0 aromatic heterocycles. The summed E-state index contributed by atoms with van der Waals surface area (Å²) in [4.78, 5) is 0. The molecule has 0 spiro atoms. The maximum Gasteiger partial charge on any atom is 0.387 e. The average Bonchev–Trinajstić information content (AvgIpc) is 2.27. The van der Waals surface area contributed by atoms with E-state index in [4.69, 9.17) is 0 Å².